The molecular weight excluding hydrogens is 793 g/mol. The molecule has 65 heavy (non-hydrogen) atoms. The van der Waals surface area contributed by atoms with Crippen molar-refractivity contribution in [2.75, 3.05) is 0 Å². The molecule has 1 aliphatic carbocycles. The standard InChI is InChI=1S/C60H42N4O/c1-60(30-12-3-13-31-60)47-28-26-41(27-29-47)58-61-57(40-24-22-39(23-25-40)38-14-4-2-5-15-38)62-59(63-58)46-34-51-48-20-10-11-21-55(48)65-56(51)54(37-46)64-52-35-44-18-8-6-16-42(44)32-49(52)50-33-43-17-7-9-19-45(43)36-53(50)64/h2-30,32-37,57H,31H2,1H3,(H,61,62,63). The topological polar surface area (TPSA) is 54.8 Å². The first-order valence-corrected chi connectivity index (χ1v) is 22.4. The van der Waals surface area contributed by atoms with Gasteiger partial charge in [0, 0.05) is 38.1 Å². The number of hydrogen-bond acceptors (Lipinski definition) is 4. The first-order valence-electron chi connectivity index (χ1n) is 22.4. The minimum absolute atomic E-state index is 0.0602. The van der Waals surface area contributed by atoms with E-state index in [0.717, 1.165) is 73.2 Å². The van der Waals surface area contributed by atoms with E-state index < -0.39 is 6.17 Å². The molecule has 1 aliphatic heterocycles. The molecule has 2 atom stereocenters. The van der Waals surface area contributed by atoms with Crippen LogP contribution in [0.3, 0.4) is 0 Å². The molecule has 2 aliphatic rings. The second kappa shape index (κ2) is 14.6. The average molecular weight is 835 g/mol. The highest BCUT2D eigenvalue weighted by Crippen LogP contribution is 2.42. The zero-order chi connectivity index (χ0) is 43.1. The fourth-order valence-corrected chi connectivity index (χ4v) is 10.1. The number of amidine groups is 2. The molecule has 0 spiro atoms. The van der Waals surface area contributed by atoms with Gasteiger partial charge in [0.2, 0.25) is 0 Å². The highest BCUT2D eigenvalue weighted by molar-refractivity contribution is 6.20. The lowest BCUT2D eigenvalue weighted by Gasteiger charge is -2.28. The predicted molar refractivity (Wildman–Crippen MR) is 271 cm³/mol. The number of nitrogens with zero attached hydrogens (tertiary/aromatic N) is 3. The van der Waals surface area contributed by atoms with Gasteiger partial charge in [-0.15, -0.1) is 0 Å². The third-order valence-electron chi connectivity index (χ3n) is 13.6. The van der Waals surface area contributed by atoms with Crippen molar-refractivity contribution in [3.8, 4) is 16.8 Å². The lowest BCUT2D eigenvalue weighted by molar-refractivity contribution is 0.599. The number of hydrogen-bond donors (Lipinski definition) is 1. The quantitative estimate of drug-likeness (QED) is 0.181. The molecule has 0 saturated heterocycles. The van der Waals surface area contributed by atoms with Crippen molar-refractivity contribution in [2.24, 2.45) is 9.98 Å². The Labute approximate surface area is 376 Å². The highest BCUT2D eigenvalue weighted by atomic mass is 16.3. The number of para-hydroxylation sites is 1. The molecule has 1 N–H and O–H groups in total. The second-order valence-electron chi connectivity index (χ2n) is 17.7. The van der Waals surface area contributed by atoms with Gasteiger partial charge in [-0.05, 0) is 92.7 Å². The van der Waals surface area contributed by atoms with Crippen LogP contribution in [-0.4, -0.2) is 16.2 Å². The van der Waals surface area contributed by atoms with E-state index in [1.165, 1.54) is 43.4 Å². The Morgan fingerprint density at radius 2 is 1.17 bits per heavy atom. The summed E-state index contributed by atoms with van der Waals surface area (Å²) in [6, 6.07) is 67.5. The van der Waals surface area contributed by atoms with Crippen LogP contribution in [0.5, 0.6) is 0 Å². The Bertz CT molecular complexity index is 3740. The van der Waals surface area contributed by atoms with Crippen molar-refractivity contribution in [3.63, 3.8) is 0 Å². The van der Waals surface area contributed by atoms with Crippen LogP contribution < -0.4 is 5.32 Å². The zero-order valence-corrected chi connectivity index (χ0v) is 35.7. The highest BCUT2D eigenvalue weighted by Gasteiger charge is 2.27. The molecule has 11 aromatic rings. The van der Waals surface area contributed by atoms with Gasteiger partial charge in [-0.25, -0.2) is 9.98 Å². The van der Waals surface area contributed by atoms with E-state index in [9.17, 15) is 0 Å². The molecule has 3 heterocycles. The largest absolute Gasteiger partial charge is 0.454 e. The van der Waals surface area contributed by atoms with Crippen molar-refractivity contribution in [1.29, 1.82) is 0 Å². The molecule has 9 aromatic carbocycles. The Hall–Kier alpha value is -8.28. The maximum Gasteiger partial charge on any atom is 0.159 e. The molecule has 0 bridgehead atoms. The molecule has 2 unspecified atom stereocenters. The lowest BCUT2D eigenvalue weighted by Crippen LogP contribution is -2.33. The van der Waals surface area contributed by atoms with Gasteiger partial charge in [-0.1, -0.05) is 177 Å². The first kappa shape index (κ1) is 37.3. The van der Waals surface area contributed by atoms with Crippen LogP contribution in [0.2, 0.25) is 0 Å². The SMILES string of the molecule is CC1(c2ccc(C3=NC(c4cc(-n5c6cc7ccccc7cc6c6cc7ccccc7cc65)c5oc6ccccc6c5c4)=NC(c4ccc(-c5ccccc5)cc4)N3)cc2)C=CC=CC1. The summed E-state index contributed by atoms with van der Waals surface area (Å²) in [7, 11) is 0. The third kappa shape index (κ3) is 6.23. The monoisotopic (exact) mass is 834 g/mol. The summed E-state index contributed by atoms with van der Waals surface area (Å²) in [4.78, 5) is 10.9. The van der Waals surface area contributed by atoms with Gasteiger partial charge in [-0.3, -0.25) is 0 Å². The number of aromatic nitrogens is 1. The van der Waals surface area contributed by atoms with Crippen LogP contribution in [0.15, 0.2) is 227 Å². The number of fused-ring (bicyclic) bond motifs is 8. The van der Waals surface area contributed by atoms with Crippen molar-refractivity contribution >= 4 is 77.0 Å². The van der Waals surface area contributed by atoms with E-state index in [-0.39, 0.29) is 5.41 Å². The van der Waals surface area contributed by atoms with Gasteiger partial charge < -0.3 is 14.3 Å². The molecular formula is C60H42N4O. The van der Waals surface area contributed by atoms with E-state index >= 15 is 0 Å². The number of rotatable bonds is 6. The minimum Gasteiger partial charge on any atom is -0.454 e. The van der Waals surface area contributed by atoms with Crippen molar-refractivity contribution in [1.82, 2.24) is 9.88 Å². The molecule has 0 fully saturated rings. The molecule has 0 radical (unpaired) electrons. The summed E-state index contributed by atoms with van der Waals surface area (Å²) >= 11 is 0. The first-order chi connectivity index (χ1) is 32.0. The number of allylic oxidation sites excluding steroid dienone is 4. The van der Waals surface area contributed by atoms with Crippen molar-refractivity contribution in [3.05, 3.63) is 235 Å². The van der Waals surface area contributed by atoms with Gasteiger partial charge in [0.1, 0.15) is 17.6 Å². The summed E-state index contributed by atoms with van der Waals surface area (Å²) in [6.45, 7) is 2.30. The third-order valence-corrected chi connectivity index (χ3v) is 13.6. The second-order valence-corrected chi connectivity index (χ2v) is 17.7. The maximum absolute atomic E-state index is 6.90. The summed E-state index contributed by atoms with van der Waals surface area (Å²) in [6.07, 6.45) is 9.40. The van der Waals surface area contributed by atoms with Crippen LogP contribution in [0, 0.1) is 0 Å². The summed E-state index contributed by atoms with van der Waals surface area (Å²) < 4.78 is 9.30. The number of benzene rings is 9. The molecule has 5 nitrogen and oxygen atoms in total. The van der Waals surface area contributed by atoms with Crippen molar-refractivity contribution in [2.45, 2.75) is 24.9 Å². The van der Waals surface area contributed by atoms with E-state index in [1.54, 1.807) is 0 Å². The molecule has 2 aromatic heterocycles. The van der Waals surface area contributed by atoms with Gasteiger partial charge >= 0.3 is 0 Å². The molecule has 308 valence electrons. The molecule has 5 heteroatoms. The van der Waals surface area contributed by atoms with Gasteiger partial charge in [0.25, 0.3) is 0 Å². The Balaban J connectivity index is 1.04. The molecule has 0 saturated carbocycles. The molecule has 13 rings (SSSR count). The van der Waals surface area contributed by atoms with Crippen LogP contribution >= 0.6 is 0 Å². The smallest absolute Gasteiger partial charge is 0.159 e. The van der Waals surface area contributed by atoms with Gasteiger partial charge in [0.05, 0.1) is 16.7 Å². The number of furan rings is 1. The Morgan fingerprint density at radius 3 is 1.85 bits per heavy atom. The van der Waals surface area contributed by atoms with Gasteiger partial charge in [0.15, 0.2) is 11.4 Å². The van der Waals surface area contributed by atoms with E-state index in [2.05, 4.69) is 223 Å². The number of aliphatic imine (C=N–C) groups is 2. The van der Waals surface area contributed by atoms with Crippen LogP contribution in [-0.2, 0) is 5.41 Å². The van der Waals surface area contributed by atoms with E-state index in [1.807, 2.05) is 6.07 Å². The number of nitrogens with one attached hydrogen (secondary N) is 1. The van der Waals surface area contributed by atoms with E-state index in [4.69, 9.17) is 14.4 Å². The van der Waals surface area contributed by atoms with Crippen LogP contribution in [0.1, 0.15) is 41.8 Å². The summed E-state index contributed by atoms with van der Waals surface area (Å²) in [5.74, 6) is 1.42. The van der Waals surface area contributed by atoms with E-state index in [0.29, 0.717) is 5.84 Å². The normalized spacial score (nSPS) is 17.3. The summed E-state index contributed by atoms with van der Waals surface area (Å²) in [5, 5.41) is 13.0. The molecule has 0 amide bonds. The fraction of sp³-hybridized carbons (Fsp3) is 0.0667. The van der Waals surface area contributed by atoms with Crippen LogP contribution in [0.25, 0.3) is 82.1 Å². The Kier molecular flexibility index (Phi) is 8.40. The zero-order valence-electron chi connectivity index (χ0n) is 35.7. The lowest BCUT2D eigenvalue weighted by atomic mass is 9.77. The maximum atomic E-state index is 6.90. The summed E-state index contributed by atoms with van der Waals surface area (Å²) in [5.41, 5.74) is 11.3. The van der Waals surface area contributed by atoms with Crippen molar-refractivity contribution < 1.29 is 4.42 Å². The predicted octanol–water partition coefficient (Wildman–Crippen LogP) is 14.9. The minimum atomic E-state index is -0.392. The average Bonchev–Trinajstić information content (AvgIpc) is 3.89. The Morgan fingerprint density at radius 1 is 0.554 bits per heavy atom. The fourth-order valence-electron chi connectivity index (χ4n) is 10.1. The van der Waals surface area contributed by atoms with Crippen LogP contribution in [0.4, 0.5) is 0 Å². The van der Waals surface area contributed by atoms with Gasteiger partial charge in [-0.2, -0.15) is 0 Å².